The number of methoxy groups -OCH3 is 1. The van der Waals surface area contributed by atoms with E-state index < -0.39 is 5.82 Å². The molecule has 0 aliphatic carbocycles. The zero-order chi connectivity index (χ0) is 16.0. The minimum atomic E-state index is -0.400. The topological polar surface area (TPSA) is 55.6 Å². The van der Waals surface area contributed by atoms with Crippen LogP contribution in [0.2, 0.25) is 5.02 Å². The van der Waals surface area contributed by atoms with E-state index in [1.807, 2.05) is 0 Å². The summed E-state index contributed by atoms with van der Waals surface area (Å²) in [5.41, 5.74) is 6.49. The number of benzene rings is 1. The minimum absolute atomic E-state index is 0.0672. The van der Waals surface area contributed by atoms with Crippen LogP contribution >= 0.6 is 11.6 Å². The van der Waals surface area contributed by atoms with Crippen molar-refractivity contribution in [3.63, 3.8) is 0 Å². The van der Waals surface area contributed by atoms with Gasteiger partial charge < -0.3 is 15.4 Å². The summed E-state index contributed by atoms with van der Waals surface area (Å²) in [4.78, 5) is 14.1. The average Bonchev–Trinajstić information content (AvgIpc) is 2.43. The lowest BCUT2D eigenvalue weighted by atomic mass is 10.0. The van der Waals surface area contributed by atoms with Crippen LogP contribution < -0.4 is 5.73 Å². The van der Waals surface area contributed by atoms with E-state index in [0.29, 0.717) is 30.3 Å². The molecular formula is C15H22ClFN2O2. The van der Waals surface area contributed by atoms with Gasteiger partial charge in [-0.05, 0) is 24.6 Å². The number of hydrogen-bond acceptors (Lipinski definition) is 3. The monoisotopic (exact) mass is 316 g/mol. The molecule has 0 fully saturated rings. The summed E-state index contributed by atoms with van der Waals surface area (Å²) in [5, 5.41) is 0.304. The predicted molar refractivity (Wildman–Crippen MR) is 81.5 cm³/mol. The van der Waals surface area contributed by atoms with Gasteiger partial charge in [0.25, 0.3) is 0 Å². The molecule has 2 unspecified atom stereocenters. The Labute approximate surface area is 130 Å². The Morgan fingerprint density at radius 2 is 2.14 bits per heavy atom. The Morgan fingerprint density at radius 3 is 2.67 bits per heavy atom. The van der Waals surface area contributed by atoms with E-state index in [4.69, 9.17) is 22.1 Å². The van der Waals surface area contributed by atoms with Crippen molar-refractivity contribution in [2.45, 2.75) is 26.4 Å². The molecule has 0 heterocycles. The molecule has 1 aromatic rings. The first-order valence-corrected chi connectivity index (χ1v) is 7.21. The Kier molecular flexibility index (Phi) is 7.08. The number of nitrogens with two attached hydrogens (primary N) is 1. The van der Waals surface area contributed by atoms with Crippen LogP contribution in [0.15, 0.2) is 18.2 Å². The third-order valence-corrected chi connectivity index (χ3v) is 3.78. The second-order valence-corrected chi connectivity index (χ2v) is 5.54. The van der Waals surface area contributed by atoms with E-state index >= 15 is 0 Å². The minimum Gasteiger partial charge on any atom is -0.383 e. The molecule has 6 heteroatoms. The van der Waals surface area contributed by atoms with E-state index in [9.17, 15) is 9.18 Å². The number of halogens is 2. The molecule has 118 valence electrons. The van der Waals surface area contributed by atoms with Crippen molar-refractivity contribution >= 4 is 17.5 Å². The van der Waals surface area contributed by atoms with Crippen LogP contribution in [0.1, 0.15) is 19.4 Å². The molecule has 1 rings (SSSR count). The number of carbonyl (C=O) groups excluding carboxylic acids is 1. The van der Waals surface area contributed by atoms with Crippen molar-refractivity contribution in [2.75, 3.05) is 20.3 Å². The molecule has 1 aromatic carbocycles. The summed E-state index contributed by atoms with van der Waals surface area (Å²) < 4.78 is 18.1. The Balaban J connectivity index is 2.89. The lowest BCUT2D eigenvalue weighted by Crippen LogP contribution is -2.42. The highest BCUT2D eigenvalue weighted by Crippen LogP contribution is 2.20. The fourth-order valence-corrected chi connectivity index (χ4v) is 2.06. The van der Waals surface area contributed by atoms with E-state index in [-0.39, 0.29) is 17.9 Å². The van der Waals surface area contributed by atoms with Gasteiger partial charge in [-0.3, -0.25) is 4.79 Å². The van der Waals surface area contributed by atoms with Gasteiger partial charge in [-0.2, -0.15) is 0 Å². The lowest BCUT2D eigenvalue weighted by molar-refractivity contribution is -0.136. The second-order valence-electron chi connectivity index (χ2n) is 5.14. The summed E-state index contributed by atoms with van der Waals surface area (Å²) in [5.74, 6) is -0.772. The summed E-state index contributed by atoms with van der Waals surface area (Å²) in [6.07, 6.45) is 0. The molecule has 4 nitrogen and oxygen atoms in total. The lowest BCUT2D eigenvalue weighted by Gasteiger charge is -2.27. The van der Waals surface area contributed by atoms with Crippen molar-refractivity contribution in [3.8, 4) is 0 Å². The molecule has 21 heavy (non-hydrogen) atoms. The van der Waals surface area contributed by atoms with Gasteiger partial charge in [0.15, 0.2) is 0 Å². The second kappa shape index (κ2) is 8.32. The van der Waals surface area contributed by atoms with Gasteiger partial charge >= 0.3 is 0 Å². The average molecular weight is 317 g/mol. The van der Waals surface area contributed by atoms with Crippen molar-refractivity contribution in [1.29, 1.82) is 0 Å². The quantitative estimate of drug-likeness (QED) is 0.840. The van der Waals surface area contributed by atoms with Gasteiger partial charge in [0.1, 0.15) is 5.82 Å². The first kappa shape index (κ1) is 17.9. The summed E-state index contributed by atoms with van der Waals surface area (Å²) in [6.45, 7) is 4.73. The molecule has 0 saturated heterocycles. The van der Waals surface area contributed by atoms with Gasteiger partial charge in [0.05, 0.1) is 12.5 Å². The van der Waals surface area contributed by atoms with Crippen LogP contribution in [-0.2, 0) is 16.1 Å². The summed E-state index contributed by atoms with van der Waals surface area (Å²) in [6, 6.07) is 3.91. The van der Waals surface area contributed by atoms with Crippen LogP contribution in [0.5, 0.6) is 0 Å². The van der Waals surface area contributed by atoms with E-state index in [1.54, 1.807) is 31.9 Å². The molecule has 0 spiro atoms. The standard InChI is InChI=1S/C15H22ClFN2O2/c1-10(11(2)18)15(20)19(6-7-21-3)9-12-4-5-13(17)8-14(12)16/h4-5,8,10-11H,6-7,9,18H2,1-3H3. The van der Waals surface area contributed by atoms with Crippen LogP contribution in [-0.4, -0.2) is 37.1 Å². The van der Waals surface area contributed by atoms with Gasteiger partial charge in [0.2, 0.25) is 5.91 Å². The molecule has 1 amide bonds. The van der Waals surface area contributed by atoms with Gasteiger partial charge in [0, 0.05) is 31.3 Å². The number of amides is 1. The van der Waals surface area contributed by atoms with E-state index in [2.05, 4.69) is 0 Å². The molecular weight excluding hydrogens is 295 g/mol. The molecule has 0 bridgehead atoms. The van der Waals surface area contributed by atoms with Crippen molar-refractivity contribution in [3.05, 3.63) is 34.6 Å². The smallest absolute Gasteiger partial charge is 0.227 e. The highest BCUT2D eigenvalue weighted by Gasteiger charge is 2.23. The van der Waals surface area contributed by atoms with Gasteiger partial charge in [-0.1, -0.05) is 24.6 Å². The van der Waals surface area contributed by atoms with Crippen molar-refractivity contribution in [1.82, 2.24) is 4.90 Å². The largest absolute Gasteiger partial charge is 0.383 e. The number of ether oxygens (including phenoxy) is 1. The number of rotatable bonds is 7. The number of carbonyl (C=O) groups is 1. The zero-order valence-corrected chi connectivity index (χ0v) is 13.4. The van der Waals surface area contributed by atoms with E-state index in [1.165, 1.54) is 12.1 Å². The maximum Gasteiger partial charge on any atom is 0.227 e. The maximum absolute atomic E-state index is 13.1. The third kappa shape index (κ3) is 5.26. The van der Waals surface area contributed by atoms with E-state index in [0.717, 1.165) is 0 Å². The molecule has 0 aromatic heterocycles. The van der Waals surface area contributed by atoms with Crippen LogP contribution in [0.4, 0.5) is 4.39 Å². The van der Waals surface area contributed by atoms with Crippen molar-refractivity contribution < 1.29 is 13.9 Å². The fourth-order valence-electron chi connectivity index (χ4n) is 1.84. The predicted octanol–water partition coefficient (Wildman–Crippen LogP) is 2.44. The third-order valence-electron chi connectivity index (χ3n) is 3.43. The van der Waals surface area contributed by atoms with Gasteiger partial charge in [-0.25, -0.2) is 4.39 Å². The Morgan fingerprint density at radius 1 is 1.48 bits per heavy atom. The van der Waals surface area contributed by atoms with Gasteiger partial charge in [-0.15, -0.1) is 0 Å². The highest BCUT2D eigenvalue weighted by atomic mass is 35.5. The van der Waals surface area contributed by atoms with Crippen LogP contribution in [0, 0.1) is 11.7 Å². The molecule has 0 saturated carbocycles. The first-order chi connectivity index (χ1) is 9.86. The molecule has 0 aliphatic rings. The van der Waals surface area contributed by atoms with Crippen molar-refractivity contribution in [2.24, 2.45) is 11.7 Å². The molecule has 2 atom stereocenters. The van der Waals surface area contributed by atoms with Crippen LogP contribution in [0.25, 0.3) is 0 Å². The zero-order valence-electron chi connectivity index (χ0n) is 12.6. The molecule has 0 radical (unpaired) electrons. The highest BCUT2D eigenvalue weighted by molar-refractivity contribution is 6.31. The summed E-state index contributed by atoms with van der Waals surface area (Å²) in [7, 11) is 1.57. The number of hydrogen-bond donors (Lipinski definition) is 1. The molecule has 2 N–H and O–H groups in total. The Hall–Kier alpha value is -1.17. The SMILES string of the molecule is COCCN(Cc1ccc(F)cc1Cl)C(=O)C(C)C(C)N. The normalized spacial score (nSPS) is 13.8. The Bertz CT molecular complexity index is 483. The first-order valence-electron chi connectivity index (χ1n) is 6.84. The summed E-state index contributed by atoms with van der Waals surface area (Å²) >= 11 is 6.02. The fraction of sp³-hybridized carbons (Fsp3) is 0.533. The number of nitrogens with zero attached hydrogens (tertiary/aromatic N) is 1. The van der Waals surface area contributed by atoms with Crippen LogP contribution in [0.3, 0.4) is 0 Å². The molecule has 0 aliphatic heterocycles. The maximum atomic E-state index is 13.1.